The number of thioether (sulfide) groups is 1. The molecule has 0 unspecified atom stereocenters. The number of aromatic nitrogens is 3. The smallest absolute Gasteiger partial charge is 0.234 e. The fourth-order valence-electron chi connectivity index (χ4n) is 2.84. The highest BCUT2D eigenvalue weighted by Gasteiger charge is 2.17. The molecular formula is C22H21N5O2S. The number of nitrogens with one attached hydrogen (secondary N) is 1. The largest absolute Gasteiger partial charge is 0.496 e. The second kappa shape index (κ2) is 10.3. The molecule has 0 saturated heterocycles. The van der Waals surface area contributed by atoms with Gasteiger partial charge in [0.2, 0.25) is 5.91 Å². The Morgan fingerprint density at radius 1 is 1.27 bits per heavy atom. The number of nitrogens with zero attached hydrogens (tertiary/aromatic N) is 4. The third kappa shape index (κ3) is 5.07. The number of carbonyl (C=O) groups is 1. The maximum atomic E-state index is 12.4. The Balaban J connectivity index is 1.70. The van der Waals surface area contributed by atoms with Crippen LogP contribution in [0.15, 0.2) is 66.3 Å². The first kappa shape index (κ1) is 21.1. The number of rotatable bonds is 9. The summed E-state index contributed by atoms with van der Waals surface area (Å²) in [5.74, 6) is 1.38. The topological polar surface area (TPSA) is 92.8 Å². The zero-order chi connectivity index (χ0) is 21.3. The summed E-state index contributed by atoms with van der Waals surface area (Å²) in [4.78, 5) is 12.4. The van der Waals surface area contributed by atoms with Gasteiger partial charge in [0.1, 0.15) is 5.75 Å². The third-order valence-electron chi connectivity index (χ3n) is 4.23. The average Bonchev–Trinajstić information content (AvgIpc) is 3.16. The van der Waals surface area contributed by atoms with E-state index in [9.17, 15) is 4.79 Å². The lowest BCUT2D eigenvalue weighted by molar-refractivity contribution is -0.113. The fourth-order valence-corrected chi connectivity index (χ4v) is 3.59. The molecule has 0 aliphatic carbocycles. The maximum Gasteiger partial charge on any atom is 0.234 e. The van der Waals surface area contributed by atoms with Gasteiger partial charge in [0.25, 0.3) is 0 Å². The molecule has 0 aliphatic rings. The van der Waals surface area contributed by atoms with E-state index in [-0.39, 0.29) is 11.7 Å². The molecule has 1 amide bonds. The van der Waals surface area contributed by atoms with Gasteiger partial charge < -0.3 is 10.1 Å². The Morgan fingerprint density at radius 2 is 2.03 bits per heavy atom. The number of methoxy groups -OCH3 is 1. The molecule has 0 spiro atoms. The first-order valence-corrected chi connectivity index (χ1v) is 10.2. The minimum absolute atomic E-state index is 0.153. The van der Waals surface area contributed by atoms with Gasteiger partial charge in [-0.1, -0.05) is 42.1 Å². The molecule has 2 aromatic carbocycles. The molecule has 1 N–H and O–H groups in total. The number of benzene rings is 2. The third-order valence-corrected chi connectivity index (χ3v) is 5.20. The predicted octanol–water partition coefficient (Wildman–Crippen LogP) is 3.94. The molecule has 152 valence electrons. The van der Waals surface area contributed by atoms with Crippen LogP contribution in [0.3, 0.4) is 0 Å². The molecule has 0 aliphatic heterocycles. The highest BCUT2D eigenvalue weighted by atomic mass is 32.2. The first-order valence-electron chi connectivity index (χ1n) is 9.22. The maximum absolute atomic E-state index is 12.4. The van der Waals surface area contributed by atoms with E-state index in [1.807, 2.05) is 41.0 Å². The minimum Gasteiger partial charge on any atom is -0.496 e. The van der Waals surface area contributed by atoms with E-state index in [0.29, 0.717) is 35.4 Å². The molecule has 0 radical (unpaired) electrons. The van der Waals surface area contributed by atoms with E-state index in [1.54, 1.807) is 25.3 Å². The summed E-state index contributed by atoms with van der Waals surface area (Å²) in [7, 11) is 1.61. The molecule has 0 saturated carbocycles. The highest BCUT2D eigenvalue weighted by Crippen LogP contribution is 2.30. The van der Waals surface area contributed by atoms with Crippen LogP contribution >= 0.6 is 11.8 Å². The zero-order valence-corrected chi connectivity index (χ0v) is 17.4. The zero-order valence-electron chi connectivity index (χ0n) is 16.5. The summed E-state index contributed by atoms with van der Waals surface area (Å²) in [5.41, 5.74) is 2.42. The number of para-hydroxylation sites is 1. The Hall–Kier alpha value is -3.57. The molecular weight excluding hydrogens is 398 g/mol. The van der Waals surface area contributed by atoms with Gasteiger partial charge in [0, 0.05) is 12.2 Å². The second-order valence-electron chi connectivity index (χ2n) is 6.27. The molecule has 1 aromatic heterocycles. The van der Waals surface area contributed by atoms with Crippen molar-refractivity contribution in [2.45, 2.75) is 18.1 Å². The summed E-state index contributed by atoms with van der Waals surface area (Å²) >= 11 is 1.30. The van der Waals surface area contributed by atoms with Gasteiger partial charge in [-0.05, 0) is 29.8 Å². The highest BCUT2D eigenvalue weighted by molar-refractivity contribution is 7.99. The van der Waals surface area contributed by atoms with Crippen molar-refractivity contribution in [3.8, 4) is 23.2 Å². The molecule has 1 heterocycles. The fraction of sp³-hybridized carbons (Fsp3) is 0.182. The molecule has 0 bridgehead atoms. The van der Waals surface area contributed by atoms with Gasteiger partial charge in [-0.3, -0.25) is 9.36 Å². The van der Waals surface area contributed by atoms with E-state index in [4.69, 9.17) is 10.00 Å². The van der Waals surface area contributed by atoms with Crippen LogP contribution in [-0.4, -0.2) is 33.5 Å². The van der Waals surface area contributed by atoms with Crippen LogP contribution in [0.4, 0.5) is 5.69 Å². The number of ether oxygens (including phenoxy) is 1. The number of nitriles is 1. The van der Waals surface area contributed by atoms with E-state index in [2.05, 4.69) is 28.2 Å². The molecule has 3 rings (SSSR count). The minimum atomic E-state index is -0.153. The van der Waals surface area contributed by atoms with Gasteiger partial charge in [0.15, 0.2) is 11.0 Å². The first-order chi connectivity index (χ1) is 14.7. The lowest BCUT2D eigenvalue weighted by Crippen LogP contribution is -2.14. The number of hydrogen-bond acceptors (Lipinski definition) is 6. The number of allylic oxidation sites excluding steroid dienone is 1. The number of hydrogen-bond donors (Lipinski definition) is 1. The van der Waals surface area contributed by atoms with Gasteiger partial charge in [-0.2, -0.15) is 5.26 Å². The van der Waals surface area contributed by atoms with Crippen LogP contribution in [0.1, 0.15) is 5.56 Å². The van der Waals surface area contributed by atoms with Crippen molar-refractivity contribution in [1.82, 2.24) is 14.8 Å². The Labute approximate surface area is 179 Å². The molecule has 3 aromatic rings. The van der Waals surface area contributed by atoms with Crippen LogP contribution in [0, 0.1) is 11.3 Å². The number of carbonyl (C=O) groups excluding carboxylic acids is 1. The Kier molecular flexibility index (Phi) is 7.24. The van der Waals surface area contributed by atoms with Crippen molar-refractivity contribution in [2.75, 3.05) is 18.2 Å². The van der Waals surface area contributed by atoms with Crippen LogP contribution in [0.25, 0.3) is 11.4 Å². The monoisotopic (exact) mass is 419 g/mol. The summed E-state index contributed by atoms with van der Waals surface area (Å²) < 4.78 is 7.34. The molecule has 0 fully saturated rings. The SMILES string of the molecule is C=CCn1c(SCC(=O)Nc2ccc(CC#N)cc2)nnc1-c1ccccc1OC. The standard InChI is InChI=1S/C22H21N5O2S/c1-3-14-27-21(18-6-4-5-7-19(18)29-2)25-26-22(27)30-15-20(28)24-17-10-8-16(9-11-17)12-13-23/h3-11H,1,12,14-15H2,2H3,(H,24,28). The quantitative estimate of drug-likeness (QED) is 0.417. The van der Waals surface area contributed by atoms with Crippen molar-refractivity contribution in [1.29, 1.82) is 5.26 Å². The second-order valence-corrected chi connectivity index (χ2v) is 7.22. The van der Waals surface area contributed by atoms with Gasteiger partial charge >= 0.3 is 0 Å². The Morgan fingerprint density at radius 3 is 2.73 bits per heavy atom. The van der Waals surface area contributed by atoms with E-state index < -0.39 is 0 Å². The van der Waals surface area contributed by atoms with Crippen LogP contribution < -0.4 is 10.1 Å². The van der Waals surface area contributed by atoms with E-state index in [1.165, 1.54) is 11.8 Å². The van der Waals surface area contributed by atoms with E-state index >= 15 is 0 Å². The molecule has 0 atom stereocenters. The normalized spacial score (nSPS) is 10.3. The van der Waals surface area contributed by atoms with Crippen molar-refractivity contribution in [3.63, 3.8) is 0 Å². The van der Waals surface area contributed by atoms with Crippen molar-refractivity contribution < 1.29 is 9.53 Å². The lowest BCUT2D eigenvalue weighted by atomic mass is 10.1. The summed E-state index contributed by atoms with van der Waals surface area (Å²) in [5, 5.41) is 20.8. The predicted molar refractivity (Wildman–Crippen MR) is 117 cm³/mol. The van der Waals surface area contributed by atoms with Crippen molar-refractivity contribution >= 4 is 23.4 Å². The van der Waals surface area contributed by atoms with Crippen molar-refractivity contribution in [2.24, 2.45) is 0 Å². The van der Waals surface area contributed by atoms with Crippen LogP contribution in [-0.2, 0) is 17.8 Å². The van der Waals surface area contributed by atoms with Gasteiger partial charge in [-0.25, -0.2) is 0 Å². The lowest BCUT2D eigenvalue weighted by Gasteiger charge is -2.10. The number of anilines is 1. The van der Waals surface area contributed by atoms with Crippen LogP contribution in [0.5, 0.6) is 5.75 Å². The average molecular weight is 420 g/mol. The Bertz CT molecular complexity index is 1070. The van der Waals surface area contributed by atoms with Gasteiger partial charge in [-0.15, -0.1) is 16.8 Å². The summed E-state index contributed by atoms with van der Waals surface area (Å²) in [6.07, 6.45) is 2.10. The van der Waals surface area contributed by atoms with Crippen LogP contribution in [0.2, 0.25) is 0 Å². The molecule has 7 nitrogen and oxygen atoms in total. The van der Waals surface area contributed by atoms with Crippen molar-refractivity contribution in [3.05, 3.63) is 66.7 Å². The summed E-state index contributed by atoms with van der Waals surface area (Å²) in [6, 6.07) is 16.9. The van der Waals surface area contributed by atoms with Gasteiger partial charge in [0.05, 0.1) is 30.9 Å². The molecule has 30 heavy (non-hydrogen) atoms. The summed E-state index contributed by atoms with van der Waals surface area (Å²) in [6.45, 7) is 4.31. The van der Waals surface area contributed by atoms with E-state index in [0.717, 1.165) is 11.1 Å². The molecule has 8 heteroatoms. The number of amides is 1.